The average molecular weight is 634 g/mol. The fraction of sp³-hybridized carbons (Fsp3) is 0.333. The summed E-state index contributed by atoms with van der Waals surface area (Å²) in [7, 11) is 1.69. The van der Waals surface area contributed by atoms with Crippen LogP contribution in [0.5, 0.6) is 0 Å². The van der Waals surface area contributed by atoms with E-state index in [-0.39, 0.29) is 5.41 Å². The minimum absolute atomic E-state index is 0.0887. The van der Waals surface area contributed by atoms with Gasteiger partial charge in [-0.2, -0.15) is 10.5 Å². The summed E-state index contributed by atoms with van der Waals surface area (Å²) in [6, 6.07) is 13.2. The van der Waals surface area contributed by atoms with Gasteiger partial charge in [0.2, 0.25) is 0 Å². The van der Waals surface area contributed by atoms with E-state index in [1.165, 1.54) is 10.9 Å². The first-order valence-electron chi connectivity index (χ1n) is 15.3. The number of aliphatic imine (C=N–C) groups is 1. The molecule has 2 aromatic heterocycles. The highest BCUT2D eigenvalue weighted by Gasteiger charge is 2.54. The van der Waals surface area contributed by atoms with E-state index in [9.17, 15) is 19.3 Å². The van der Waals surface area contributed by atoms with Gasteiger partial charge in [0.05, 0.1) is 34.6 Å². The van der Waals surface area contributed by atoms with E-state index in [2.05, 4.69) is 70.4 Å². The third-order valence-electron chi connectivity index (χ3n) is 8.37. The number of rotatable bonds is 11. The van der Waals surface area contributed by atoms with E-state index in [0.29, 0.717) is 58.5 Å². The van der Waals surface area contributed by atoms with Crippen LogP contribution in [0.25, 0.3) is 16.5 Å². The minimum atomic E-state index is -2.58. The van der Waals surface area contributed by atoms with Gasteiger partial charge >= 0.3 is 0 Å². The molecule has 5 rings (SSSR count). The van der Waals surface area contributed by atoms with Gasteiger partial charge in [0.25, 0.3) is 6.43 Å². The van der Waals surface area contributed by atoms with Crippen molar-refractivity contribution in [1.82, 2.24) is 20.0 Å². The standard InChI is InChI=1S/C36H37F2N9/c1-7-23(11-14-41-6)27-9-8-10-28(22(27)2)33(30-20-47(46-45-30)36(12-13-36)34(37)38)44-26-15-24(17-39)31-29(16-26)32(25(18-40)19-42-31)43-21-35(3,4)5/h7-11,14-16,19-20,33-34,44H,1,12-13,21H2,2-6H3,(H,42,43)/b23-11+,41-14-/t33-/m0/s1. The Morgan fingerprint density at radius 2 is 1.94 bits per heavy atom. The van der Waals surface area contributed by atoms with Gasteiger partial charge in [-0.15, -0.1) is 5.10 Å². The van der Waals surface area contributed by atoms with Crippen molar-refractivity contribution in [3.05, 3.63) is 95.0 Å². The average Bonchev–Trinajstić information content (AvgIpc) is 3.72. The van der Waals surface area contributed by atoms with Crippen molar-refractivity contribution in [2.24, 2.45) is 10.4 Å². The molecule has 2 N–H and O–H groups in total. The predicted octanol–water partition coefficient (Wildman–Crippen LogP) is 7.56. The quantitative estimate of drug-likeness (QED) is 0.129. The molecule has 1 aliphatic rings. The van der Waals surface area contributed by atoms with Gasteiger partial charge in [-0.1, -0.05) is 56.8 Å². The Labute approximate surface area is 273 Å². The Bertz CT molecular complexity index is 1970. The van der Waals surface area contributed by atoms with Crippen LogP contribution in [0.15, 0.2) is 66.4 Å². The van der Waals surface area contributed by atoms with Crippen LogP contribution in [0, 0.1) is 35.0 Å². The fourth-order valence-corrected chi connectivity index (χ4v) is 5.58. The topological polar surface area (TPSA) is 128 Å². The summed E-state index contributed by atoms with van der Waals surface area (Å²) < 4.78 is 29.4. The maximum atomic E-state index is 14.1. The number of nitriles is 2. The second-order valence-corrected chi connectivity index (χ2v) is 12.9. The van der Waals surface area contributed by atoms with Crippen LogP contribution >= 0.6 is 0 Å². The van der Waals surface area contributed by atoms with Gasteiger partial charge in [-0.25, -0.2) is 13.5 Å². The molecular weight excluding hydrogens is 596 g/mol. The van der Waals surface area contributed by atoms with Gasteiger partial charge in [-0.05, 0) is 65.7 Å². The molecule has 0 saturated heterocycles. The van der Waals surface area contributed by atoms with E-state index in [0.717, 1.165) is 22.3 Å². The molecular formula is C36H37F2N9. The minimum Gasteiger partial charge on any atom is -0.383 e. The van der Waals surface area contributed by atoms with E-state index < -0.39 is 18.0 Å². The highest BCUT2D eigenvalue weighted by molar-refractivity contribution is 5.99. The van der Waals surface area contributed by atoms with Crippen molar-refractivity contribution in [3.63, 3.8) is 0 Å². The summed E-state index contributed by atoms with van der Waals surface area (Å²) in [5.74, 6) is 0. The number of hydrogen-bond acceptors (Lipinski definition) is 8. The van der Waals surface area contributed by atoms with Gasteiger partial charge in [0.15, 0.2) is 0 Å². The Morgan fingerprint density at radius 1 is 1.19 bits per heavy atom. The van der Waals surface area contributed by atoms with Crippen LogP contribution in [-0.2, 0) is 5.54 Å². The number of nitrogens with zero attached hydrogens (tertiary/aromatic N) is 7. The van der Waals surface area contributed by atoms with E-state index >= 15 is 0 Å². The normalized spacial score (nSPS) is 15.0. The summed E-state index contributed by atoms with van der Waals surface area (Å²) in [5, 5.41) is 36.2. The number of halogens is 2. The zero-order valence-corrected chi connectivity index (χ0v) is 27.1. The number of benzene rings is 2. The molecule has 0 spiro atoms. The lowest BCUT2D eigenvalue weighted by Crippen LogP contribution is -2.26. The Morgan fingerprint density at radius 3 is 2.55 bits per heavy atom. The lowest BCUT2D eigenvalue weighted by molar-refractivity contribution is 0.0593. The highest BCUT2D eigenvalue weighted by atomic mass is 19.3. The lowest BCUT2D eigenvalue weighted by atomic mass is 9.91. The molecule has 9 nitrogen and oxygen atoms in total. The number of fused-ring (bicyclic) bond motifs is 1. The Hall–Kier alpha value is -5.42. The third-order valence-corrected chi connectivity index (χ3v) is 8.37. The first-order chi connectivity index (χ1) is 22.5. The number of pyridine rings is 1. The summed E-state index contributed by atoms with van der Waals surface area (Å²) in [6.45, 7) is 12.8. The molecule has 2 aromatic carbocycles. The van der Waals surface area contributed by atoms with Crippen molar-refractivity contribution in [3.8, 4) is 12.1 Å². The SMILES string of the molecule is C=C/C(=C\C=N/C)c1cccc([C@H](Nc2cc(C#N)c3ncc(C#N)c(NCC(C)(C)C)c3c2)c2cn(C3(C(F)F)CC3)nn2)c1C. The van der Waals surface area contributed by atoms with E-state index in [1.54, 1.807) is 31.6 Å². The maximum Gasteiger partial charge on any atom is 0.263 e. The molecule has 1 saturated carbocycles. The van der Waals surface area contributed by atoms with Crippen LogP contribution in [0.1, 0.15) is 73.2 Å². The molecule has 1 fully saturated rings. The molecule has 4 aromatic rings. The number of nitrogens with one attached hydrogen (secondary N) is 2. The molecule has 0 radical (unpaired) electrons. The summed E-state index contributed by atoms with van der Waals surface area (Å²) in [5.41, 5.74) is 4.76. The molecule has 2 heterocycles. The Kier molecular flexibility index (Phi) is 9.21. The van der Waals surface area contributed by atoms with Gasteiger partial charge in [-0.3, -0.25) is 9.98 Å². The first-order valence-corrected chi connectivity index (χ1v) is 15.3. The molecule has 47 heavy (non-hydrogen) atoms. The van der Waals surface area contributed by atoms with E-state index in [4.69, 9.17) is 0 Å². The van der Waals surface area contributed by atoms with Crippen LogP contribution < -0.4 is 10.6 Å². The second kappa shape index (κ2) is 13.1. The maximum absolute atomic E-state index is 14.1. The second-order valence-electron chi connectivity index (χ2n) is 12.9. The van der Waals surface area contributed by atoms with Crippen molar-refractivity contribution in [1.29, 1.82) is 10.5 Å². The van der Waals surface area contributed by atoms with Crippen molar-refractivity contribution < 1.29 is 8.78 Å². The number of allylic oxidation sites excluding steroid dienone is 3. The molecule has 11 heteroatoms. The first kappa shape index (κ1) is 33.0. The van der Waals surface area contributed by atoms with Crippen LogP contribution in [0.4, 0.5) is 20.2 Å². The molecule has 0 amide bonds. The smallest absolute Gasteiger partial charge is 0.263 e. The van der Waals surface area contributed by atoms with Crippen LogP contribution in [-0.4, -0.2) is 46.2 Å². The zero-order valence-electron chi connectivity index (χ0n) is 27.1. The van der Waals surface area contributed by atoms with Gasteiger partial charge < -0.3 is 10.6 Å². The van der Waals surface area contributed by atoms with Crippen molar-refractivity contribution in [2.45, 2.75) is 58.5 Å². The third kappa shape index (κ3) is 6.61. The predicted molar refractivity (Wildman–Crippen MR) is 182 cm³/mol. The Balaban J connectivity index is 1.69. The highest BCUT2D eigenvalue weighted by Crippen LogP contribution is 2.48. The molecule has 240 valence electrons. The summed E-state index contributed by atoms with van der Waals surface area (Å²) in [4.78, 5) is 8.53. The number of hydrogen-bond donors (Lipinski definition) is 2. The number of anilines is 2. The largest absolute Gasteiger partial charge is 0.383 e. The molecule has 0 bridgehead atoms. The van der Waals surface area contributed by atoms with Crippen LogP contribution in [0.3, 0.4) is 0 Å². The summed E-state index contributed by atoms with van der Waals surface area (Å²) in [6.07, 6.45) is 6.43. The molecule has 0 unspecified atom stereocenters. The molecule has 1 atom stereocenters. The zero-order chi connectivity index (χ0) is 33.9. The van der Waals surface area contributed by atoms with Crippen molar-refractivity contribution in [2.75, 3.05) is 24.2 Å². The van der Waals surface area contributed by atoms with E-state index in [1.807, 2.05) is 37.3 Å². The van der Waals surface area contributed by atoms with Crippen LogP contribution in [0.2, 0.25) is 0 Å². The van der Waals surface area contributed by atoms with Gasteiger partial charge in [0.1, 0.15) is 23.4 Å². The lowest BCUT2D eigenvalue weighted by Gasteiger charge is -2.24. The fourth-order valence-electron chi connectivity index (χ4n) is 5.58. The number of alkyl halides is 2. The summed E-state index contributed by atoms with van der Waals surface area (Å²) >= 11 is 0. The number of aromatic nitrogens is 4. The van der Waals surface area contributed by atoms with Crippen molar-refractivity contribution >= 4 is 34.1 Å². The molecule has 1 aliphatic carbocycles. The molecule has 0 aliphatic heterocycles. The van der Waals surface area contributed by atoms with Gasteiger partial charge in [0, 0.05) is 37.1 Å². The monoisotopic (exact) mass is 633 g/mol.